The first-order chi connectivity index (χ1) is 12.0. The summed E-state index contributed by atoms with van der Waals surface area (Å²) < 4.78 is 2.38. The molecular weight excluding hydrogens is 356 g/mol. The Morgan fingerprint density at radius 3 is 2.88 bits per heavy atom. The minimum atomic E-state index is -0.263. The highest BCUT2D eigenvalue weighted by atomic mass is 32.1. The van der Waals surface area contributed by atoms with Gasteiger partial charge < -0.3 is 15.2 Å². The summed E-state index contributed by atoms with van der Waals surface area (Å²) in [5, 5.41) is 6.40. The molecule has 0 spiro atoms. The molecule has 0 bridgehead atoms. The lowest BCUT2D eigenvalue weighted by Gasteiger charge is -2.16. The first kappa shape index (κ1) is 17.1. The number of carbonyl (C=O) groups is 2. The standard InChI is InChI=1S/C17H16N4O2S2/c1-20(16(23)12-5-8-25-11-12)10-15(22)19-13-3-2-4-14(9-13)21-7-6-18-17(21)24/h2-9,11H,10H2,1H3,(H,18,24)(H,19,22). The molecule has 8 heteroatoms. The van der Waals surface area contributed by atoms with Crippen LogP contribution < -0.4 is 5.32 Å². The summed E-state index contributed by atoms with van der Waals surface area (Å²) >= 11 is 6.65. The number of likely N-dealkylation sites (N-methyl/N-ethyl adjacent to an activating group) is 1. The number of nitrogens with zero attached hydrogens (tertiary/aromatic N) is 2. The average molecular weight is 372 g/mol. The van der Waals surface area contributed by atoms with Crippen molar-refractivity contribution in [3.63, 3.8) is 0 Å². The monoisotopic (exact) mass is 372 g/mol. The second kappa shape index (κ2) is 7.45. The van der Waals surface area contributed by atoms with Crippen LogP contribution in [0.2, 0.25) is 0 Å². The van der Waals surface area contributed by atoms with Crippen LogP contribution in [0, 0.1) is 4.77 Å². The number of amides is 2. The van der Waals surface area contributed by atoms with Gasteiger partial charge in [0.1, 0.15) is 0 Å². The highest BCUT2D eigenvalue weighted by Gasteiger charge is 2.15. The lowest BCUT2D eigenvalue weighted by Crippen LogP contribution is -2.34. The van der Waals surface area contributed by atoms with Gasteiger partial charge in [0.25, 0.3) is 5.91 Å². The summed E-state index contributed by atoms with van der Waals surface area (Å²) in [5.74, 6) is -0.440. The number of carbonyl (C=O) groups excluding carboxylic acids is 2. The average Bonchev–Trinajstić information content (AvgIpc) is 3.25. The topological polar surface area (TPSA) is 70.1 Å². The van der Waals surface area contributed by atoms with Crippen molar-refractivity contribution in [2.75, 3.05) is 18.9 Å². The van der Waals surface area contributed by atoms with E-state index in [1.807, 2.05) is 29.8 Å². The molecule has 0 aliphatic heterocycles. The van der Waals surface area contributed by atoms with E-state index in [1.165, 1.54) is 16.2 Å². The van der Waals surface area contributed by atoms with E-state index < -0.39 is 0 Å². The van der Waals surface area contributed by atoms with Gasteiger partial charge in [0.05, 0.1) is 12.1 Å². The Morgan fingerprint density at radius 2 is 2.20 bits per heavy atom. The molecule has 2 amide bonds. The van der Waals surface area contributed by atoms with Crippen LogP contribution in [-0.2, 0) is 4.79 Å². The van der Waals surface area contributed by atoms with E-state index in [4.69, 9.17) is 12.2 Å². The Labute approximate surface area is 153 Å². The number of hydrogen-bond acceptors (Lipinski definition) is 4. The molecule has 2 heterocycles. The van der Waals surface area contributed by atoms with Gasteiger partial charge in [-0.3, -0.25) is 14.2 Å². The number of aromatic amines is 1. The van der Waals surface area contributed by atoms with Gasteiger partial charge in [-0.1, -0.05) is 6.07 Å². The molecule has 3 rings (SSSR count). The number of benzene rings is 1. The number of rotatable bonds is 5. The minimum absolute atomic E-state index is 0.0253. The zero-order valence-electron chi connectivity index (χ0n) is 13.4. The van der Waals surface area contributed by atoms with Crippen LogP contribution in [0.4, 0.5) is 5.69 Å². The zero-order chi connectivity index (χ0) is 17.8. The maximum atomic E-state index is 12.2. The van der Waals surface area contributed by atoms with Crippen molar-refractivity contribution in [2.24, 2.45) is 0 Å². The van der Waals surface area contributed by atoms with Gasteiger partial charge >= 0.3 is 0 Å². The van der Waals surface area contributed by atoms with Crippen LogP contribution in [0.15, 0.2) is 53.5 Å². The molecule has 0 aliphatic carbocycles. The maximum absolute atomic E-state index is 12.2. The summed E-state index contributed by atoms with van der Waals surface area (Å²) in [4.78, 5) is 28.7. The van der Waals surface area contributed by atoms with Crippen LogP contribution >= 0.6 is 23.6 Å². The summed E-state index contributed by atoms with van der Waals surface area (Å²) in [5.41, 5.74) is 2.07. The van der Waals surface area contributed by atoms with Crippen LogP contribution in [0.1, 0.15) is 10.4 Å². The van der Waals surface area contributed by atoms with Crippen molar-refractivity contribution in [1.29, 1.82) is 0 Å². The molecule has 1 aromatic carbocycles. The number of thiophene rings is 1. The van der Waals surface area contributed by atoms with Gasteiger partial charge in [-0.05, 0) is 41.9 Å². The summed E-state index contributed by atoms with van der Waals surface area (Å²) in [6.45, 7) is -0.0253. The lowest BCUT2D eigenvalue weighted by atomic mass is 10.2. The molecule has 2 N–H and O–H groups in total. The molecule has 3 aromatic rings. The minimum Gasteiger partial charge on any atom is -0.337 e. The highest BCUT2D eigenvalue weighted by molar-refractivity contribution is 7.71. The molecule has 0 aliphatic rings. The summed E-state index contributed by atoms with van der Waals surface area (Å²) in [6, 6.07) is 9.08. The number of nitrogens with one attached hydrogen (secondary N) is 2. The van der Waals surface area contributed by atoms with Crippen molar-refractivity contribution in [1.82, 2.24) is 14.5 Å². The largest absolute Gasteiger partial charge is 0.337 e. The van der Waals surface area contributed by atoms with Gasteiger partial charge in [0.2, 0.25) is 5.91 Å². The number of anilines is 1. The van der Waals surface area contributed by atoms with Crippen molar-refractivity contribution >= 4 is 41.1 Å². The van der Waals surface area contributed by atoms with E-state index in [0.29, 0.717) is 16.0 Å². The van der Waals surface area contributed by atoms with Gasteiger partial charge in [-0.15, -0.1) is 0 Å². The Hall–Kier alpha value is -2.71. The van der Waals surface area contributed by atoms with Gasteiger partial charge in [-0.2, -0.15) is 11.3 Å². The molecule has 6 nitrogen and oxygen atoms in total. The van der Waals surface area contributed by atoms with Crippen LogP contribution in [-0.4, -0.2) is 39.9 Å². The zero-order valence-corrected chi connectivity index (χ0v) is 15.1. The second-order valence-corrected chi connectivity index (χ2v) is 6.57. The van der Waals surface area contributed by atoms with E-state index in [0.717, 1.165) is 5.69 Å². The van der Waals surface area contributed by atoms with Crippen molar-refractivity contribution in [3.05, 3.63) is 63.8 Å². The quantitative estimate of drug-likeness (QED) is 0.675. The summed E-state index contributed by atoms with van der Waals surface area (Å²) in [6.07, 6.45) is 3.56. The highest BCUT2D eigenvalue weighted by Crippen LogP contribution is 2.15. The molecule has 128 valence electrons. The maximum Gasteiger partial charge on any atom is 0.254 e. The molecule has 0 saturated carbocycles. The SMILES string of the molecule is CN(CC(=O)Nc1cccc(-n2cc[nH]c2=S)c1)C(=O)c1ccsc1. The Kier molecular flexibility index (Phi) is 5.11. The number of H-pyrrole nitrogens is 1. The van der Waals surface area contributed by atoms with Crippen molar-refractivity contribution in [2.45, 2.75) is 0 Å². The number of hydrogen-bond donors (Lipinski definition) is 2. The van der Waals surface area contributed by atoms with E-state index in [1.54, 1.807) is 35.3 Å². The normalized spacial score (nSPS) is 10.4. The molecule has 0 radical (unpaired) electrons. The smallest absolute Gasteiger partial charge is 0.254 e. The molecule has 25 heavy (non-hydrogen) atoms. The number of imidazole rings is 1. The first-order valence-corrected chi connectivity index (χ1v) is 8.83. The van der Waals surface area contributed by atoms with Crippen LogP contribution in [0.3, 0.4) is 0 Å². The third-order valence-electron chi connectivity index (χ3n) is 3.55. The summed E-state index contributed by atoms with van der Waals surface area (Å²) in [7, 11) is 1.61. The predicted molar refractivity (Wildman–Crippen MR) is 101 cm³/mol. The molecule has 0 unspecified atom stereocenters. The van der Waals surface area contributed by atoms with Crippen LogP contribution in [0.25, 0.3) is 5.69 Å². The molecule has 0 atom stereocenters. The van der Waals surface area contributed by atoms with E-state index in [2.05, 4.69) is 10.3 Å². The van der Waals surface area contributed by atoms with Gasteiger partial charge in [0.15, 0.2) is 4.77 Å². The first-order valence-electron chi connectivity index (χ1n) is 7.48. The van der Waals surface area contributed by atoms with Gasteiger partial charge in [-0.25, -0.2) is 0 Å². The predicted octanol–water partition coefficient (Wildman–Crippen LogP) is 3.31. The molecule has 2 aromatic heterocycles. The van der Waals surface area contributed by atoms with Crippen molar-refractivity contribution < 1.29 is 9.59 Å². The second-order valence-electron chi connectivity index (χ2n) is 5.41. The fourth-order valence-corrected chi connectivity index (χ4v) is 3.22. The Balaban J connectivity index is 1.66. The van der Waals surface area contributed by atoms with Gasteiger partial charge in [0, 0.05) is 36.2 Å². The Bertz CT molecular complexity index is 943. The van der Waals surface area contributed by atoms with Crippen molar-refractivity contribution in [3.8, 4) is 5.69 Å². The lowest BCUT2D eigenvalue weighted by molar-refractivity contribution is -0.116. The van der Waals surface area contributed by atoms with E-state index in [-0.39, 0.29) is 18.4 Å². The molecule has 0 fully saturated rings. The third-order valence-corrected chi connectivity index (χ3v) is 4.55. The third kappa shape index (κ3) is 4.04. The Morgan fingerprint density at radius 1 is 1.36 bits per heavy atom. The van der Waals surface area contributed by atoms with E-state index >= 15 is 0 Å². The van der Waals surface area contributed by atoms with E-state index in [9.17, 15) is 9.59 Å². The molecule has 0 saturated heterocycles. The fourth-order valence-electron chi connectivity index (χ4n) is 2.35. The van der Waals surface area contributed by atoms with Crippen LogP contribution in [0.5, 0.6) is 0 Å². The molecular formula is C17H16N4O2S2. The number of aromatic nitrogens is 2. The fraction of sp³-hybridized carbons (Fsp3) is 0.118.